The van der Waals surface area contributed by atoms with Crippen molar-refractivity contribution in [3.05, 3.63) is 88.0 Å². The molecule has 4 aromatic rings. The van der Waals surface area contributed by atoms with Gasteiger partial charge in [0.05, 0.1) is 5.41 Å². The van der Waals surface area contributed by atoms with Gasteiger partial charge in [-0.1, -0.05) is 49.4 Å². The predicted molar refractivity (Wildman–Crippen MR) is 143 cm³/mol. The molecule has 1 atom stereocenters. The number of carbonyl (C=O) groups is 2. The average Bonchev–Trinajstić information content (AvgIpc) is 3.56. The van der Waals surface area contributed by atoms with Crippen LogP contribution in [0.5, 0.6) is 0 Å². The zero-order chi connectivity index (χ0) is 25.9. The lowest BCUT2D eigenvalue weighted by molar-refractivity contribution is -0.124. The van der Waals surface area contributed by atoms with Crippen molar-refractivity contribution < 1.29 is 14.0 Å². The number of aromatic nitrogens is 2. The van der Waals surface area contributed by atoms with Crippen LogP contribution in [0.1, 0.15) is 47.5 Å². The first-order chi connectivity index (χ1) is 17.2. The third-order valence-electron chi connectivity index (χ3n) is 6.22. The zero-order valence-electron chi connectivity index (χ0n) is 20.5. The second-order valence-electron chi connectivity index (χ2n) is 9.01. The van der Waals surface area contributed by atoms with E-state index in [4.69, 9.17) is 0 Å². The van der Waals surface area contributed by atoms with Crippen LogP contribution in [0.15, 0.2) is 66.2 Å². The van der Waals surface area contributed by atoms with E-state index in [1.807, 2.05) is 63.2 Å². The molecule has 0 radical (unpaired) electrons. The van der Waals surface area contributed by atoms with Crippen molar-refractivity contribution in [2.75, 3.05) is 18.9 Å². The van der Waals surface area contributed by atoms with Gasteiger partial charge in [-0.05, 0) is 54.4 Å². The van der Waals surface area contributed by atoms with Gasteiger partial charge in [0.25, 0.3) is 5.91 Å². The van der Waals surface area contributed by atoms with Crippen LogP contribution in [0.25, 0.3) is 10.4 Å². The van der Waals surface area contributed by atoms with E-state index in [-0.39, 0.29) is 17.6 Å². The lowest BCUT2D eigenvalue weighted by atomic mass is 9.73. The SMILES string of the molecule is CCN(C)C(=O)c1ccc(-c2ccc([C@@H](c3cccc(F)c3)C(C)(C)C(=O)Nc3nncs3)s2)cc1. The molecule has 2 aromatic heterocycles. The molecule has 6 nitrogen and oxygen atoms in total. The molecule has 0 aliphatic carbocycles. The average molecular weight is 523 g/mol. The van der Waals surface area contributed by atoms with Gasteiger partial charge < -0.3 is 10.2 Å². The predicted octanol–water partition coefficient (Wildman–Crippen LogP) is 6.29. The molecule has 0 saturated carbocycles. The largest absolute Gasteiger partial charge is 0.342 e. The van der Waals surface area contributed by atoms with Crippen LogP contribution < -0.4 is 5.32 Å². The van der Waals surface area contributed by atoms with Crippen molar-refractivity contribution in [3.63, 3.8) is 0 Å². The highest BCUT2D eigenvalue weighted by molar-refractivity contribution is 7.15. The first-order valence-electron chi connectivity index (χ1n) is 11.5. The number of amides is 2. The number of rotatable bonds is 8. The monoisotopic (exact) mass is 522 g/mol. The molecule has 0 bridgehead atoms. The first kappa shape index (κ1) is 25.7. The summed E-state index contributed by atoms with van der Waals surface area (Å²) in [6.45, 7) is 6.27. The fraction of sp³-hybridized carbons (Fsp3) is 0.259. The molecule has 0 spiro atoms. The minimum Gasteiger partial charge on any atom is -0.342 e. The van der Waals surface area contributed by atoms with E-state index < -0.39 is 11.3 Å². The number of halogens is 1. The Labute approximate surface area is 217 Å². The van der Waals surface area contributed by atoms with Crippen molar-refractivity contribution in [1.82, 2.24) is 15.1 Å². The van der Waals surface area contributed by atoms with Gasteiger partial charge in [0.2, 0.25) is 11.0 Å². The van der Waals surface area contributed by atoms with E-state index in [9.17, 15) is 14.0 Å². The molecule has 2 aromatic carbocycles. The van der Waals surface area contributed by atoms with Crippen LogP contribution in [-0.4, -0.2) is 40.5 Å². The molecule has 0 aliphatic rings. The van der Waals surface area contributed by atoms with Crippen LogP contribution in [0.4, 0.5) is 9.52 Å². The zero-order valence-corrected chi connectivity index (χ0v) is 22.1. The molecule has 1 N–H and O–H groups in total. The maximum absolute atomic E-state index is 14.2. The summed E-state index contributed by atoms with van der Waals surface area (Å²) in [6.07, 6.45) is 0. The topological polar surface area (TPSA) is 75.2 Å². The van der Waals surface area contributed by atoms with Crippen molar-refractivity contribution in [1.29, 1.82) is 0 Å². The molecule has 0 aliphatic heterocycles. The summed E-state index contributed by atoms with van der Waals surface area (Å²) >= 11 is 2.79. The number of benzene rings is 2. The summed E-state index contributed by atoms with van der Waals surface area (Å²) < 4.78 is 14.2. The molecule has 4 rings (SSSR count). The van der Waals surface area contributed by atoms with Crippen LogP contribution in [0.3, 0.4) is 0 Å². The Balaban J connectivity index is 1.68. The summed E-state index contributed by atoms with van der Waals surface area (Å²) in [6, 6.07) is 17.9. The number of hydrogen-bond acceptors (Lipinski definition) is 6. The van der Waals surface area contributed by atoms with Crippen LogP contribution >= 0.6 is 22.7 Å². The molecule has 0 unspecified atom stereocenters. The molecule has 2 heterocycles. The molecule has 9 heteroatoms. The van der Waals surface area contributed by atoms with E-state index in [1.54, 1.807) is 34.9 Å². The smallest absolute Gasteiger partial charge is 0.253 e. The van der Waals surface area contributed by atoms with E-state index in [0.717, 1.165) is 15.3 Å². The molecule has 186 valence electrons. The molecule has 0 saturated heterocycles. The first-order valence-corrected chi connectivity index (χ1v) is 13.2. The lowest BCUT2D eigenvalue weighted by Crippen LogP contribution is -2.36. The van der Waals surface area contributed by atoms with Gasteiger partial charge in [-0.15, -0.1) is 21.5 Å². The minimum absolute atomic E-state index is 0.0229. The molecule has 0 fully saturated rings. The Kier molecular flexibility index (Phi) is 7.61. The number of nitrogens with one attached hydrogen (secondary N) is 1. The number of anilines is 1. The summed E-state index contributed by atoms with van der Waals surface area (Å²) in [7, 11) is 1.78. The Morgan fingerprint density at radius 1 is 1.11 bits per heavy atom. The summed E-state index contributed by atoms with van der Waals surface area (Å²) in [5.41, 5.74) is 2.94. The van der Waals surface area contributed by atoms with Gasteiger partial charge in [0, 0.05) is 34.8 Å². The molecular formula is C27H27FN4O2S2. The Bertz CT molecular complexity index is 1350. The molecule has 36 heavy (non-hydrogen) atoms. The van der Waals surface area contributed by atoms with Crippen molar-refractivity contribution in [3.8, 4) is 10.4 Å². The number of hydrogen-bond donors (Lipinski definition) is 1. The van der Waals surface area contributed by atoms with Gasteiger partial charge >= 0.3 is 0 Å². The summed E-state index contributed by atoms with van der Waals surface area (Å²) in [5, 5.41) is 11.0. The summed E-state index contributed by atoms with van der Waals surface area (Å²) in [4.78, 5) is 29.4. The maximum atomic E-state index is 14.2. The summed E-state index contributed by atoms with van der Waals surface area (Å²) in [5.74, 6) is -1.01. The van der Waals surface area contributed by atoms with Gasteiger partial charge in [0.1, 0.15) is 11.3 Å². The fourth-order valence-corrected chi connectivity index (χ4v) is 5.81. The normalized spacial score (nSPS) is 12.2. The number of thiophene rings is 1. The van der Waals surface area contributed by atoms with Crippen molar-refractivity contribution >= 4 is 39.6 Å². The van der Waals surface area contributed by atoms with E-state index in [0.29, 0.717) is 22.8 Å². The van der Waals surface area contributed by atoms with Gasteiger partial charge in [-0.2, -0.15) is 0 Å². The highest BCUT2D eigenvalue weighted by atomic mass is 32.1. The number of nitrogens with zero attached hydrogens (tertiary/aromatic N) is 3. The second kappa shape index (κ2) is 10.7. The lowest BCUT2D eigenvalue weighted by Gasteiger charge is -2.32. The van der Waals surface area contributed by atoms with Crippen LogP contribution in [-0.2, 0) is 4.79 Å². The minimum atomic E-state index is -0.928. The second-order valence-corrected chi connectivity index (χ2v) is 11.0. The fourth-order valence-electron chi connectivity index (χ4n) is 4.04. The van der Waals surface area contributed by atoms with Gasteiger partial charge in [0.15, 0.2) is 0 Å². The third-order valence-corrected chi connectivity index (χ3v) is 8.02. The Morgan fingerprint density at radius 3 is 2.50 bits per heavy atom. The van der Waals surface area contributed by atoms with E-state index in [2.05, 4.69) is 15.5 Å². The standard InChI is InChI=1S/C27H27FN4O2S2/c1-5-32(4)24(33)18-11-9-17(10-12-18)21-13-14-22(36-21)23(19-7-6-8-20(28)15-19)27(2,3)25(34)30-26-31-29-16-35-26/h6-16,23H,5H2,1-4H3,(H,30,31,34)/t23-/m1/s1. The van der Waals surface area contributed by atoms with E-state index in [1.165, 1.54) is 23.5 Å². The van der Waals surface area contributed by atoms with Crippen molar-refractivity contribution in [2.45, 2.75) is 26.7 Å². The highest BCUT2D eigenvalue weighted by Crippen LogP contribution is 2.46. The quantitative estimate of drug-likeness (QED) is 0.295. The van der Waals surface area contributed by atoms with Gasteiger partial charge in [-0.3, -0.25) is 9.59 Å². The Hall–Kier alpha value is -3.43. The van der Waals surface area contributed by atoms with Crippen LogP contribution in [0.2, 0.25) is 0 Å². The highest BCUT2D eigenvalue weighted by Gasteiger charge is 2.40. The van der Waals surface area contributed by atoms with Gasteiger partial charge in [-0.25, -0.2) is 4.39 Å². The number of carbonyl (C=O) groups excluding carboxylic acids is 2. The van der Waals surface area contributed by atoms with E-state index >= 15 is 0 Å². The van der Waals surface area contributed by atoms with Crippen molar-refractivity contribution in [2.24, 2.45) is 5.41 Å². The molecular weight excluding hydrogens is 495 g/mol. The van der Waals surface area contributed by atoms with Crippen LogP contribution in [0, 0.1) is 11.2 Å². The third kappa shape index (κ3) is 5.37. The Morgan fingerprint density at radius 2 is 1.86 bits per heavy atom. The molecule has 2 amide bonds. The maximum Gasteiger partial charge on any atom is 0.253 e.